The largest absolute Gasteiger partial charge is 0.493 e. The molecule has 0 spiro atoms. The number of aliphatic hydroxyl groups is 1. The maximum absolute atomic E-state index is 9.84. The summed E-state index contributed by atoms with van der Waals surface area (Å²) in [6.07, 6.45) is 4.30. The second-order valence-electron chi connectivity index (χ2n) is 7.96. The second-order valence-corrected chi connectivity index (χ2v) is 9.13. The molecule has 0 aromatic heterocycles. The van der Waals surface area contributed by atoms with E-state index >= 15 is 0 Å². The lowest BCUT2D eigenvalue weighted by atomic mass is 9.98. The van der Waals surface area contributed by atoms with Crippen molar-refractivity contribution in [3.05, 3.63) is 58.7 Å². The van der Waals surface area contributed by atoms with Gasteiger partial charge < -0.3 is 14.6 Å². The minimum absolute atomic E-state index is 0.000138. The standard InChI is InChI=1S/C24H31NO3S/c1-2-18-3-4-21-15-25(10-7-20(21)13-18)29-23-5-6-24(22(14-23)16-26)28-17-19-8-11-27-12-9-19/h3-6,13-14,19,26H,2,7-12,15-17H2,1H3. The van der Waals surface area contributed by atoms with E-state index in [4.69, 9.17) is 9.47 Å². The molecule has 0 aliphatic carbocycles. The number of aryl methyl sites for hydroxylation is 1. The molecule has 4 nitrogen and oxygen atoms in total. The molecule has 29 heavy (non-hydrogen) atoms. The first-order valence-corrected chi connectivity index (χ1v) is 11.5. The number of nitrogens with zero attached hydrogens (tertiary/aromatic N) is 1. The molecule has 2 aromatic carbocycles. The van der Waals surface area contributed by atoms with E-state index in [9.17, 15) is 5.11 Å². The summed E-state index contributed by atoms with van der Waals surface area (Å²) < 4.78 is 13.9. The Morgan fingerprint density at radius 3 is 2.79 bits per heavy atom. The smallest absolute Gasteiger partial charge is 0.124 e. The van der Waals surface area contributed by atoms with Gasteiger partial charge in [-0.1, -0.05) is 25.1 Å². The minimum atomic E-state index is 0.000138. The fourth-order valence-corrected chi connectivity index (χ4v) is 5.03. The first-order valence-electron chi connectivity index (χ1n) is 10.7. The lowest BCUT2D eigenvalue weighted by Gasteiger charge is -2.28. The van der Waals surface area contributed by atoms with Crippen LogP contribution in [0.15, 0.2) is 41.3 Å². The number of hydrogen-bond donors (Lipinski definition) is 1. The molecular formula is C24H31NO3S. The van der Waals surface area contributed by atoms with Crippen molar-refractivity contribution in [1.29, 1.82) is 0 Å². The number of benzene rings is 2. The summed E-state index contributed by atoms with van der Waals surface area (Å²) in [6.45, 7) is 6.57. The van der Waals surface area contributed by atoms with Crippen LogP contribution in [0.3, 0.4) is 0 Å². The summed E-state index contributed by atoms with van der Waals surface area (Å²) >= 11 is 1.77. The van der Waals surface area contributed by atoms with Gasteiger partial charge in [-0.25, -0.2) is 4.31 Å². The molecule has 0 atom stereocenters. The van der Waals surface area contributed by atoms with E-state index in [2.05, 4.69) is 41.6 Å². The Morgan fingerprint density at radius 2 is 2.00 bits per heavy atom. The van der Waals surface area contributed by atoms with E-state index in [1.165, 1.54) is 16.7 Å². The molecule has 0 radical (unpaired) electrons. The van der Waals surface area contributed by atoms with Crippen molar-refractivity contribution in [2.75, 3.05) is 26.4 Å². The molecule has 1 N–H and O–H groups in total. The average Bonchev–Trinajstić information content (AvgIpc) is 2.78. The molecule has 2 aliphatic heterocycles. The molecule has 0 unspecified atom stereocenters. The Kier molecular flexibility index (Phi) is 7.14. The highest BCUT2D eigenvalue weighted by molar-refractivity contribution is 7.97. The lowest BCUT2D eigenvalue weighted by Crippen LogP contribution is -2.24. The van der Waals surface area contributed by atoms with Crippen LogP contribution in [-0.4, -0.2) is 35.8 Å². The topological polar surface area (TPSA) is 41.9 Å². The quantitative estimate of drug-likeness (QED) is 0.671. The van der Waals surface area contributed by atoms with Gasteiger partial charge in [-0.3, -0.25) is 0 Å². The third kappa shape index (κ3) is 5.34. The zero-order valence-electron chi connectivity index (χ0n) is 17.2. The summed E-state index contributed by atoms with van der Waals surface area (Å²) in [5.41, 5.74) is 5.22. The third-order valence-corrected chi connectivity index (χ3v) is 6.94. The first-order chi connectivity index (χ1) is 14.2. The van der Waals surface area contributed by atoms with Crippen molar-refractivity contribution in [3.63, 3.8) is 0 Å². The van der Waals surface area contributed by atoms with Gasteiger partial charge in [0, 0.05) is 36.8 Å². The van der Waals surface area contributed by atoms with E-state index in [1.54, 1.807) is 11.9 Å². The predicted octanol–water partition coefficient (Wildman–Crippen LogP) is 4.61. The van der Waals surface area contributed by atoms with E-state index in [1.807, 2.05) is 6.07 Å². The van der Waals surface area contributed by atoms with Crippen molar-refractivity contribution < 1.29 is 14.6 Å². The minimum Gasteiger partial charge on any atom is -0.493 e. The maximum atomic E-state index is 9.84. The third-order valence-electron chi connectivity index (χ3n) is 5.91. The Hall–Kier alpha value is -1.53. The molecule has 2 heterocycles. The van der Waals surface area contributed by atoms with E-state index in [0.29, 0.717) is 12.5 Å². The highest BCUT2D eigenvalue weighted by Gasteiger charge is 2.19. The van der Waals surface area contributed by atoms with Gasteiger partial charge in [-0.2, -0.15) is 0 Å². The molecule has 2 aliphatic rings. The fraction of sp³-hybridized carbons (Fsp3) is 0.500. The summed E-state index contributed by atoms with van der Waals surface area (Å²) in [6, 6.07) is 13.1. The van der Waals surface area contributed by atoms with Crippen LogP contribution >= 0.6 is 11.9 Å². The maximum Gasteiger partial charge on any atom is 0.124 e. The van der Waals surface area contributed by atoms with Gasteiger partial charge in [0.2, 0.25) is 0 Å². The molecule has 1 fully saturated rings. The van der Waals surface area contributed by atoms with Gasteiger partial charge >= 0.3 is 0 Å². The molecule has 156 valence electrons. The van der Waals surface area contributed by atoms with E-state index in [0.717, 1.165) is 68.2 Å². The molecule has 4 rings (SSSR count). The van der Waals surface area contributed by atoms with Gasteiger partial charge in [0.1, 0.15) is 5.75 Å². The number of fused-ring (bicyclic) bond motifs is 1. The van der Waals surface area contributed by atoms with Gasteiger partial charge in [0.25, 0.3) is 0 Å². The number of rotatable bonds is 7. The van der Waals surface area contributed by atoms with Crippen LogP contribution in [0, 0.1) is 5.92 Å². The Morgan fingerprint density at radius 1 is 1.14 bits per heavy atom. The highest BCUT2D eigenvalue weighted by Crippen LogP contribution is 2.33. The normalized spacial score (nSPS) is 17.9. The van der Waals surface area contributed by atoms with Crippen LogP contribution < -0.4 is 4.74 Å². The Labute approximate surface area is 178 Å². The zero-order valence-corrected chi connectivity index (χ0v) is 18.0. The second kappa shape index (κ2) is 9.98. The van der Waals surface area contributed by atoms with Crippen molar-refractivity contribution in [1.82, 2.24) is 4.31 Å². The van der Waals surface area contributed by atoms with Crippen LogP contribution in [-0.2, 0) is 30.7 Å². The summed E-state index contributed by atoms with van der Waals surface area (Å²) in [5, 5.41) is 9.84. The van der Waals surface area contributed by atoms with Crippen LogP contribution in [0.25, 0.3) is 0 Å². The van der Waals surface area contributed by atoms with Crippen LogP contribution in [0.4, 0.5) is 0 Å². The zero-order chi connectivity index (χ0) is 20.1. The van der Waals surface area contributed by atoms with Crippen LogP contribution in [0.2, 0.25) is 0 Å². The van der Waals surface area contributed by atoms with Crippen molar-refractivity contribution >= 4 is 11.9 Å². The Balaban J connectivity index is 1.37. The fourth-order valence-electron chi connectivity index (χ4n) is 4.03. The number of ether oxygens (including phenoxy) is 2. The Bertz CT molecular complexity index is 820. The first kappa shape index (κ1) is 20.7. The lowest BCUT2D eigenvalue weighted by molar-refractivity contribution is 0.0494. The predicted molar refractivity (Wildman–Crippen MR) is 117 cm³/mol. The van der Waals surface area contributed by atoms with Crippen molar-refractivity contribution in [2.24, 2.45) is 5.92 Å². The molecular weight excluding hydrogens is 382 g/mol. The summed E-state index contributed by atoms with van der Waals surface area (Å²) in [7, 11) is 0. The number of hydrogen-bond acceptors (Lipinski definition) is 5. The molecule has 0 bridgehead atoms. The SMILES string of the molecule is CCc1ccc2c(c1)CCN(Sc1ccc(OCC3CCOCC3)c(CO)c1)C2. The van der Waals surface area contributed by atoms with E-state index < -0.39 is 0 Å². The molecule has 1 saturated heterocycles. The molecule has 0 amide bonds. The molecule has 5 heteroatoms. The van der Waals surface area contributed by atoms with Gasteiger partial charge in [0.05, 0.1) is 13.2 Å². The molecule has 2 aromatic rings. The van der Waals surface area contributed by atoms with Crippen molar-refractivity contribution in [2.45, 2.75) is 50.7 Å². The highest BCUT2D eigenvalue weighted by atomic mass is 32.2. The van der Waals surface area contributed by atoms with Crippen molar-refractivity contribution in [3.8, 4) is 5.75 Å². The summed E-state index contributed by atoms with van der Waals surface area (Å²) in [5.74, 6) is 1.35. The summed E-state index contributed by atoms with van der Waals surface area (Å²) in [4.78, 5) is 1.15. The average molecular weight is 414 g/mol. The number of aliphatic hydroxyl groups excluding tert-OH is 1. The van der Waals surface area contributed by atoms with Gasteiger partial charge in [-0.15, -0.1) is 0 Å². The van der Waals surface area contributed by atoms with E-state index in [-0.39, 0.29) is 6.61 Å². The monoisotopic (exact) mass is 413 g/mol. The van der Waals surface area contributed by atoms with Crippen LogP contribution in [0.5, 0.6) is 5.75 Å². The molecule has 0 saturated carbocycles. The van der Waals surface area contributed by atoms with Crippen LogP contribution in [0.1, 0.15) is 42.0 Å². The van der Waals surface area contributed by atoms with Gasteiger partial charge in [-0.05, 0) is 78.4 Å². The van der Waals surface area contributed by atoms with Gasteiger partial charge in [0.15, 0.2) is 0 Å².